The monoisotopic (exact) mass is 520 g/mol. The minimum atomic E-state index is -0.676. The Balaban J connectivity index is 1.90. The van der Waals surface area contributed by atoms with Crippen LogP contribution in [-0.4, -0.2) is 35.9 Å². The van der Waals surface area contributed by atoms with E-state index in [0.717, 1.165) is 40.7 Å². The van der Waals surface area contributed by atoms with E-state index in [1.165, 1.54) is 0 Å². The van der Waals surface area contributed by atoms with Crippen LogP contribution < -0.4 is 10.1 Å². The van der Waals surface area contributed by atoms with Crippen LogP contribution in [-0.2, 0) is 22.6 Å². The van der Waals surface area contributed by atoms with Gasteiger partial charge in [0.15, 0.2) is 6.61 Å². The third kappa shape index (κ3) is 8.36. The van der Waals surface area contributed by atoms with Gasteiger partial charge < -0.3 is 15.0 Å². The van der Waals surface area contributed by atoms with E-state index in [2.05, 4.69) is 12.2 Å². The molecule has 0 unspecified atom stereocenters. The summed E-state index contributed by atoms with van der Waals surface area (Å²) in [7, 11) is 0. The van der Waals surface area contributed by atoms with Gasteiger partial charge in [0.1, 0.15) is 11.8 Å². The standard InChI is InChI=1S/C31H37ClN2O3/c1-5-6-15-33-31(36)28(19-25-12-8-7-9-13-25)34(20-26-14-10-11-22(2)16-26)29(35)21-37-27-17-23(3)30(32)24(4)18-27/h7-14,16-18,28H,5-6,15,19-21H2,1-4H3,(H,33,36)/t28-/m0/s1. The molecular weight excluding hydrogens is 484 g/mol. The predicted molar refractivity (Wildman–Crippen MR) is 150 cm³/mol. The van der Waals surface area contributed by atoms with Gasteiger partial charge in [-0.05, 0) is 61.6 Å². The van der Waals surface area contributed by atoms with E-state index in [4.69, 9.17) is 16.3 Å². The highest BCUT2D eigenvalue weighted by molar-refractivity contribution is 6.32. The summed E-state index contributed by atoms with van der Waals surface area (Å²) in [5.41, 5.74) is 4.83. The fourth-order valence-electron chi connectivity index (χ4n) is 4.28. The van der Waals surface area contributed by atoms with Gasteiger partial charge in [0.05, 0.1) is 0 Å². The smallest absolute Gasteiger partial charge is 0.261 e. The average Bonchev–Trinajstić information content (AvgIpc) is 2.88. The molecule has 0 aliphatic heterocycles. The van der Waals surface area contributed by atoms with E-state index in [-0.39, 0.29) is 18.4 Å². The molecule has 0 saturated carbocycles. The number of ether oxygens (including phenoxy) is 1. The lowest BCUT2D eigenvalue weighted by atomic mass is 10.0. The first kappa shape index (κ1) is 28.3. The maximum Gasteiger partial charge on any atom is 0.261 e. The molecule has 3 aromatic rings. The number of unbranched alkanes of at least 4 members (excludes halogenated alkanes) is 1. The van der Waals surface area contributed by atoms with E-state index in [1.54, 1.807) is 4.90 Å². The van der Waals surface area contributed by atoms with Crippen molar-refractivity contribution in [3.8, 4) is 5.75 Å². The van der Waals surface area contributed by atoms with Crippen molar-refractivity contribution in [2.24, 2.45) is 0 Å². The molecule has 3 rings (SSSR count). The molecule has 0 aromatic heterocycles. The topological polar surface area (TPSA) is 58.6 Å². The Morgan fingerprint density at radius 2 is 1.62 bits per heavy atom. The number of nitrogens with zero attached hydrogens (tertiary/aromatic N) is 1. The van der Waals surface area contributed by atoms with Crippen molar-refractivity contribution in [3.63, 3.8) is 0 Å². The number of amides is 2. The van der Waals surface area contributed by atoms with Crippen LogP contribution in [0, 0.1) is 20.8 Å². The van der Waals surface area contributed by atoms with Crippen molar-refractivity contribution in [1.29, 1.82) is 0 Å². The van der Waals surface area contributed by atoms with Gasteiger partial charge in [0.2, 0.25) is 5.91 Å². The maximum atomic E-state index is 13.7. The van der Waals surface area contributed by atoms with E-state index in [1.807, 2.05) is 87.5 Å². The van der Waals surface area contributed by atoms with Crippen LogP contribution in [0.1, 0.15) is 47.6 Å². The Labute approximate surface area is 225 Å². The normalized spacial score (nSPS) is 11.6. The van der Waals surface area contributed by atoms with Gasteiger partial charge in [-0.3, -0.25) is 9.59 Å². The van der Waals surface area contributed by atoms with Crippen molar-refractivity contribution in [2.45, 2.75) is 59.5 Å². The quantitative estimate of drug-likeness (QED) is 0.289. The molecule has 37 heavy (non-hydrogen) atoms. The van der Waals surface area contributed by atoms with Gasteiger partial charge in [0.25, 0.3) is 5.91 Å². The third-order valence-corrected chi connectivity index (χ3v) is 6.90. The minimum Gasteiger partial charge on any atom is -0.484 e. The molecule has 2 amide bonds. The summed E-state index contributed by atoms with van der Waals surface area (Å²) in [4.78, 5) is 28.8. The first-order valence-corrected chi connectivity index (χ1v) is 13.2. The molecule has 0 spiro atoms. The van der Waals surface area contributed by atoms with E-state index in [0.29, 0.717) is 30.3 Å². The Morgan fingerprint density at radius 1 is 0.946 bits per heavy atom. The summed E-state index contributed by atoms with van der Waals surface area (Å²) in [5, 5.41) is 3.73. The van der Waals surface area contributed by atoms with Crippen LogP contribution >= 0.6 is 11.6 Å². The number of carbonyl (C=O) groups is 2. The van der Waals surface area contributed by atoms with Gasteiger partial charge in [0, 0.05) is 24.5 Å². The van der Waals surface area contributed by atoms with Gasteiger partial charge in [-0.2, -0.15) is 0 Å². The summed E-state index contributed by atoms with van der Waals surface area (Å²) < 4.78 is 5.92. The Hall–Kier alpha value is -3.31. The van der Waals surface area contributed by atoms with Crippen molar-refractivity contribution < 1.29 is 14.3 Å². The summed E-state index contributed by atoms with van der Waals surface area (Å²) in [6.07, 6.45) is 2.27. The second kappa shape index (κ2) is 13.8. The molecule has 0 aliphatic carbocycles. The molecule has 1 atom stereocenters. The van der Waals surface area contributed by atoms with Crippen LogP contribution in [0.25, 0.3) is 0 Å². The van der Waals surface area contributed by atoms with Gasteiger partial charge >= 0.3 is 0 Å². The van der Waals surface area contributed by atoms with E-state index < -0.39 is 6.04 Å². The molecule has 0 aliphatic rings. The summed E-state index contributed by atoms with van der Waals surface area (Å²) in [6, 6.07) is 20.8. The van der Waals surface area contributed by atoms with Gasteiger partial charge in [-0.1, -0.05) is 85.1 Å². The van der Waals surface area contributed by atoms with Crippen LogP contribution in [0.4, 0.5) is 0 Å². The summed E-state index contributed by atoms with van der Waals surface area (Å²) in [5.74, 6) is 0.171. The lowest BCUT2D eigenvalue weighted by Crippen LogP contribution is -2.51. The number of hydrogen-bond donors (Lipinski definition) is 1. The summed E-state index contributed by atoms with van der Waals surface area (Å²) >= 11 is 6.30. The van der Waals surface area contributed by atoms with E-state index >= 15 is 0 Å². The molecule has 0 bridgehead atoms. The fourth-order valence-corrected chi connectivity index (χ4v) is 4.39. The minimum absolute atomic E-state index is 0.156. The number of carbonyl (C=O) groups excluding carboxylic acids is 2. The van der Waals surface area contributed by atoms with Crippen molar-refractivity contribution >= 4 is 23.4 Å². The molecule has 3 aromatic carbocycles. The van der Waals surface area contributed by atoms with Crippen molar-refractivity contribution in [3.05, 3.63) is 99.6 Å². The van der Waals surface area contributed by atoms with Crippen LogP contribution in [0.15, 0.2) is 66.7 Å². The number of hydrogen-bond acceptors (Lipinski definition) is 3. The van der Waals surface area contributed by atoms with Crippen LogP contribution in [0.5, 0.6) is 5.75 Å². The van der Waals surface area contributed by atoms with Gasteiger partial charge in [-0.25, -0.2) is 0 Å². The molecular formula is C31H37ClN2O3. The zero-order valence-corrected chi connectivity index (χ0v) is 23.0. The maximum absolute atomic E-state index is 13.7. The predicted octanol–water partition coefficient (Wildman–Crippen LogP) is 6.20. The average molecular weight is 521 g/mol. The number of benzene rings is 3. The fraction of sp³-hybridized carbons (Fsp3) is 0.355. The first-order valence-electron chi connectivity index (χ1n) is 12.8. The van der Waals surface area contributed by atoms with Crippen molar-refractivity contribution in [2.75, 3.05) is 13.2 Å². The molecule has 6 heteroatoms. The highest BCUT2D eigenvalue weighted by Crippen LogP contribution is 2.26. The second-order valence-corrected chi connectivity index (χ2v) is 9.90. The van der Waals surface area contributed by atoms with E-state index in [9.17, 15) is 9.59 Å². The lowest BCUT2D eigenvalue weighted by Gasteiger charge is -2.31. The first-order chi connectivity index (χ1) is 17.8. The number of rotatable bonds is 12. The number of aryl methyl sites for hydroxylation is 3. The zero-order chi connectivity index (χ0) is 26.8. The lowest BCUT2D eigenvalue weighted by molar-refractivity contribution is -0.142. The Bertz CT molecular complexity index is 1170. The molecule has 5 nitrogen and oxygen atoms in total. The molecule has 0 radical (unpaired) electrons. The second-order valence-electron chi connectivity index (χ2n) is 9.52. The molecule has 0 heterocycles. The van der Waals surface area contributed by atoms with Crippen LogP contribution in [0.3, 0.4) is 0 Å². The molecule has 0 saturated heterocycles. The molecule has 0 fully saturated rings. The number of nitrogens with one attached hydrogen (secondary N) is 1. The SMILES string of the molecule is CCCCNC(=O)[C@H](Cc1ccccc1)N(Cc1cccc(C)c1)C(=O)COc1cc(C)c(Cl)c(C)c1. The molecule has 196 valence electrons. The summed E-state index contributed by atoms with van der Waals surface area (Å²) in [6.45, 7) is 8.62. The number of halogens is 1. The third-order valence-electron chi connectivity index (χ3n) is 6.31. The highest BCUT2D eigenvalue weighted by atomic mass is 35.5. The molecule has 1 N–H and O–H groups in total. The Kier molecular flexibility index (Phi) is 10.6. The Morgan fingerprint density at radius 3 is 2.27 bits per heavy atom. The zero-order valence-electron chi connectivity index (χ0n) is 22.2. The van der Waals surface area contributed by atoms with Gasteiger partial charge in [-0.15, -0.1) is 0 Å². The van der Waals surface area contributed by atoms with Crippen molar-refractivity contribution in [1.82, 2.24) is 10.2 Å². The highest BCUT2D eigenvalue weighted by Gasteiger charge is 2.30. The van der Waals surface area contributed by atoms with Crippen LogP contribution in [0.2, 0.25) is 5.02 Å². The largest absolute Gasteiger partial charge is 0.484 e.